The number of amides is 1. The highest BCUT2D eigenvalue weighted by Crippen LogP contribution is 2.16. The number of aromatic nitrogens is 1. The van der Waals surface area contributed by atoms with E-state index in [0.29, 0.717) is 10.6 Å². The molecular weight excluding hydrogens is 212 g/mol. The summed E-state index contributed by atoms with van der Waals surface area (Å²) >= 11 is 1.01. The van der Waals surface area contributed by atoms with Crippen molar-refractivity contribution in [1.82, 2.24) is 9.88 Å². The second kappa shape index (κ2) is 4.18. The van der Waals surface area contributed by atoms with Gasteiger partial charge in [0.25, 0.3) is 5.91 Å². The number of aromatic amines is 1. The highest BCUT2D eigenvalue weighted by atomic mass is 32.1. The van der Waals surface area contributed by atoms with Crippen molar-refractivity contribution in [3.05, 3.63) is 20.2 Å². The van der Waals surface area contributed by atoms with Crippen molar-refractivity contribution < 1.29 is 4.79 Å². The molecule has 1 aliphatic rings. The predicted molar refractivity (Wildman–Crippen MR) is 59.4 cm³/mol. The van der Waals surface area contributed by atoms with Crippen molar-refractivity contribution in [1.29, 1.82) is 0 Å². The molecule has 0 aromatic carbocycles. The zero-order chi connectivity index (χ0) is 10.8. The van der Waals surface area contributed by atoms with Crippen LogP contribution in [-0.4, -0.2) is 28.9 Å². The molecule has 1 aliphatic heterocycles. The van der Waals surface area contributed by atoms with Gasteiger partial charge in [0.15, 0.2) is 0 Å². The molecule has 1 aromatic heterocycles. The lowest BCUT2D eigenvalue weighted by Gasteiger charge is -2.26. The van der Waals surface area contributed by atoms with Crippen LogP contribution in [0.25, 0.3) is 0 Å². The Morgan fingerprint density at radius 1 is 1.33 bits per heavy atom. The Morgan fingerprint density at radius 2 is 2.00 bits per heavy atom. The van der Waals surface area contributed by atoms with Gasteiger partial charge in [-0.3, -0.25) is 9.59 Å². The Kier molecular flexibility index (Phi) is 2.90. The molecule has 1 aromatic rings. The van der Waals surface area contributed by atoms with Crippen LogP contribution in [0.1, 0.15) is 34.6 Å². The molecule has 0 aliphatic carbocycles. The molecule has 82 valence electrons. The summed E-state index contributed by atoms with van der Waals surface area (Å²) in [6, 6.07) is 0. The van der Waals surface area contributed by atoms with Crippen LogP contribution in [0.5, 0.6) is 0 Å². The van der Waals surface area contributed by atoms with Gasteiger partial charge in [-0.25, -0.2) is 0 Å². The molecule has 0 spiro atoms. The summed E-state index contributed by atoms with van der Waals surface area (Å²) in [6.45, 7) is 3.42. The number of aryl methyl sites for hydroxylation is 1. The van der Waals surface area contributed by atoms with Crippen LogP contribution in [0.15, 0.2) is 4.79 Å². The van der Waals surface area contributed by atoms with E-state index in [4.69, 9.17) is 0 Å². The van der Waals surface area contributed by atoms with Crippen molar-refractivity contribution in [2.45, 2.75) is 26.2 Å². The lowest BCUT2D eigenvalue weighted by atomic mass is 10.1. The Hall–Kier alpha value is -1.10. The minimum atomic E-state index is -0.146. The Labute approximate surface area is 91.9 Å². The normalized spacial score (nSPS) is 16.7. The number of nitrogens with one attached hydrogen (secondary N) is 1. The fraction of sp³-hybridized carbons (Fsp3) is 0.600. The summed E-state index contributed by atoms with van der Waals surface area (Å²) in [7, 11) is 0. The van der Waals surface area contributed by atoms with Gasteiger partial charge in [0.05, 0.1) is 0 Å². The summed E-state index contributed by atoms with van der Waals surface area (Å²) in [5.74, 6) is 0.00977. The summed E-state index contributed by atoms with van der Waals surface area (Å²) in [5.41, 5.74) is 0.695. The number of H-pyrrole nitrogens is 1. The van der Waals surface area contributed by atoms with E-state index in [1.54, 1.807) is 6.92 Å². The van der Waals surface area contributed by atoms with Crippen molar-refractivity contribution in [3.8, 4) is 0 Å². The van der Waals surface area contributed by atoms with Crippen molar-refractivity contribution in [2.75, 3.05) is 13.1 Å². The van der Waals surface area contributed by atoms with E-state index in [9.17, 15) is 9.59 Å². The average Bonchev–Trinajstić information content (AvgIpc) is 2.58. The summed E-state index contributed by atoms with van der Waals surface area (Å²) in [4.78, 5) is 28.0. The lowest BCUT2D eigenvalue weighted by molar-refractivity contribution is 0.0728. The third-order valence-corrected chi connectivity index (χ3v) is 3.63. The van der Waals surface area contributed by atoms with Crippen LogP contribution < -0.4 is 4.87 Å². The number of carbonyl (C=O) groups excluding carboxylic acids is 1. The summed E-state index contributed by atoms with van der Waals surface area (Å²) < 4.78 is 0. The maximum absolute atomic E-state index is 12.0. The average molecular weight is 226 g/mol. The topological polar surface area (TPSA) is 53.2 Å². The molecule has 15 heavy (non-hydrogen) atoms. The van der Waals surface area contributed by atoms with Gasteiger partial charge in [0.2, 0.25) is 0 Å². The largest absolute Gasteiger partial charge is 0.338 e. The van der Waals surface area contributed by atoms with Crippen LogP contribution in [0.3, 0.4) is 0 Å². The van der Waals surface area contributed by atoms with Gasteiger partial charge in [-0.2, -0.15) is 0 Å². The molecule has 2 rings (SSSR count). The highest BCUT2D eigenvalue weighted by molar-refractivity contribution is 7.11. The maximum Gasteiger partial charge on any atom is 0.305 e. The Morgan fingerprint density at radius 3 is 2.53 bits per heavy atom. The number of carbonyl (C=O) groups is 1. The van der Waals surface area contributed by atoms with E-state index >= 15 is 0 Å². The first kappa shape index (κ1) is 10.4. The minimum absolute atomic E-state index is 0.00977. The number of piperidine rings is 1. The smallest absolute Gasteiger partial charge is 0.305 e. The van der Waals surface area contributed by atoms with E-state index < -0.39 is 0 Å². The second-order valence-electron chi connectivity index (χ2n) is 3.82. The van der Waals surface area contributed by atoms with Crippen LogP contribution in [-0.2, 0) is 0 Å². The number of hydrogen-bond donors (Lipinski definition) is 1. The molecule has 1 N–H and O–H groups in total. The molecule has 0 bridgehead atoms. The first-order valence-electron chi connectivity index (χ1n) is 5.17. The van der Waals surface area contributed by atoms with Crippen LogP contribution >= 0.6 is 11.3 Å². The number of thiazole rings is 1. The number of rotatable bonds is 1. The fourth-order valence-electron chi connectivity index (χ4n) is 1.85. The zero-order valence-electron chi connectivity index (χ0n) is 8.71. The molecular formula is C10H14N2O2S. The lowest BCUT2D eigenvalue weighted by Crippen LogP contribution is -2.35. The van der Waals surface area contributed by atoms with Gasteiger partial charge in [0, 0.05) is 18.8 Å². The van der Waals surface area contributed by atoms with Crippen LogP contribution in [0.4, 0.5) is 0 Å². The van der Waals surface area contributed by atoms with Crippen LogP contribution in [0.2, 0.25) is 0 Å². The fourth-order valence-corrected chi connectivity index (χ4v) is 2.66. The van der Waals surface area contributed by atoms with Gasteiger partial charge in [-0.15, -0.1) is 0 Å². The number of likely N-dealkylation sites (tertiary alicyclic amines) is 1. The summed E-state index contributed by atoms with van der Waals surface area (Å²) in [5, 5.41) is 0. The molecule has 4 nitrogen and oxygen atoms in total. The molecule has 0 saturated carbocycles. The quantitative estimate of drug-likeness (QED) is 0.786. The molecule has 0 atom stereocenters. The van der Waals surface area contributed by atoms with Gasteiger partial charge in [0.1, 0.15) is 4.88 Å². The number of hydrogen-bond acceptors (Lipinski definition) is 3. The van der Waals surface area contributed by atoms with Gasteiger partial charge >= 0.3 is 4.87 Å². The predicted octanol–water partition coefficient (Wildman–Crippen LogP) is 1.37. The molecule has 2 heterocycles. The first-order chi connectivity index (χ1) is 7.18. The third-order valence-electron chi connectivity index (χ3n) is 2.66. The minimum Gasteiger partial charge on any atom is -0.338 e. The Bertz CT molecular complexity index is 415. The van der Waals surface area contributed by atoms with E-state index in [0.717, 1.165) is 37.3 Å². The Balaban J connectivity index is 2.19. The zero-order valence-corrected chi connectivity index (χ0v) is 9.52. The van der Waals surface area contributed by atoms with Gasteiger partial charge in [-0.05, 0) is 26.2 Å². The molecule has 1 saturated heterocycles. The maximum atomic E-state index is 12.0. The van der Waals surface area contributed by atoms with Crippen LogP contribution in [0, 0.1) is 6.92 Å². The van der Waals surface area contributed by atoms with Crippen molar-refractivity contribution >= 4 is 17.2 Å². The van der Waals surface area contributed by atoms with Gasteiger partial charge < -0.3 is 9.88 Å². The number of nitrogens with zero attached hydrogens (tertiary/aromatic N) is 1. The van der Waals surface area contributed by atoms with E-state index in [1.165, 1.54) is 6.42 Å². The second-order valence-corrected chi connectivity index (χ2v) is 4.80. The third kappa shape index (κ3) is 2.12. The monoisotopic (exact) mass is 226 g/mol. The van der Waals surface area contributed by atoms with E-state index in [2.05, 4.69) is 4.98 Å². The first-order valence-corrected chi connectivity index (χ1v) is 5.99. The SMILES string of the molecule is Cc1[nH]c(=O)sc1C(=O)N1CCCCC1. The molecule has 1 amide bonds. The summed E-state index contributed by atoms with van der Waals surface area (Å²) in [6.07, 6.45) is 3.35. The highest BCUT2D eigenvalue weighted by Gasteiger charge is 2.21. The molecule has 1 fully saturated rings. The molecule has 0 radical (unpaired) electrons. The molecule has 5 heteroatoms. The van der Waals surface area contributed by atoms with E-state index in [1.807, 2.05) is 4.90 Å². The molecule has 0 unspecified atom stereocenters. The van der Waals surface area contributed by atoms with Crippen molar-refractivity contribution in [2.24, 2.45) is 0 Å². The standard InChI is InChI=1S/C10H14N2O2S/c1-7-8(15-10(14)11-7)9(13)12-5-3-2-4-6-12/h2-6H2,1H3,(H,11,14). The van der Waals surface area contributed by atoms with Gasteiger partial charge in [-0.1, -0.05) is 11.3 Å². The van der Waals surface area contributed by atoms with E-state index in [-0.39, 0.29) is 10.8 Å². The van der Waals surface area contributed by atoms with Crippen molar-refractivity contribution in [3.63, 3.8) is 0 Å².